The number of nitrogens with one attached hydrogen (secondary N) is 1. The predicted octanol–water partition coefficient (Wildman–Crippen LogP) is 3.78. The Morgan fingerprint density at radius 3 is 2.50 bits per heavy atom. The van der Waals surface area contributed by atoms with Crippen molar-refractivity contribution in [2.75, 3.05) is 0 Å². The zero-order chi connectivity index (χ0) is 14.7. The minimum atomic E-state index is -0.847. The number of hydrogen-bond acceptors (Lipinski definition) is 2. The van der Waals surface area contributed by atoms with Crippen LogP contribution in [0.4, 0.5) is 8.78 Å². The molecule has 0 spiro atoms. The van der Waals surface area contributed by atoms with Gasteiger partial charge in [-0.1, -0.05) is 46.3 Å². The average molecular weight is 341 g/mol. The summed E-state index contributed by atoms with van der Waals surface area (Å²) in [6, 6.07) is 10.2. The summed E-state index contributed by atoms with van der Waals surface area (Å²) in [5, 5.41) is 0. The molecule has 2 nitrogen and oxygen atoms in total. The van der Waals surface area contributed by atoms with Gasteiger partial charge >= 0.3 is 0 Å². The third-order valence-electron chi connectivity index (χ3n) is 3.26. The second-order valence-corrected chi connectivity index (χ2v) is 5.47. The van der Waals surface area contributed by atoms with Crippen LogP contribution in [-0.4, -0.2) is 0 Å². The second-order valence-electron chi connectivity index (χ2n) is 4.61. The zero-order valence-corrected chi connectivity index (χ0v) is 12.5. The first kappa shape index (κ1) is 15.1. The van der Waals surface area contributed by atoms with Crippen LogP contribution in [0, 0.1) is 18.6 Å². The molecule has 5 heteroatoms. The van der Waals surface area contributed by atoms with Gasteiger partial charge in [0.2, 0.25) is 0 Å². The zero-order valence-electron chi connectivity index (χ0n) is 11.0. The number of benzene rings is 2. The molecule has 0 amide bonds. The van der Waals surface area contributed by atoms with Crippen LogP contribution in [0.1, 0.15) is 22.7 Å². The van der Waals surface area contributed by atoms with E-state index in [-0.39, 0.29) is 11.1 Å². The molecule has 1 atom stereocenters. The summed E-state index contributed by atoms with van der Waals surface area (Å²) in [5.74, 6) is 3.83. The van der Waals surface area contributed by atoms with Crippen LogP contribution in [0.25, 0.3) is 0 Å². The summed E-state index contributed by atoms with van der Waals surface area (Å²) in [6.07, 6.45) is 0.456. The summed E-state index contributed by atoms with van der Waals surface area (Å²) in [6.45, 7) is 1.53. The Morgan fingerprint density at radius 2 is 1.85 bits per heavy atom. The Balaban J connectivity index is 2.34. The minimum absolute atomic E-state index is 0.228. The third-order valence-corrected chi connectivity index (χ3v) is 4.04. The molecular weight excluding hydrogens is 326 g/mol. The molecule has 20 heavy (non-hydrogen) atoms. The minimum Gasteiger partial charge on any atom is -0.271 e. The molecule has 0 aliphatic heterocycles. The van der Waals surface area contributed by atoms with Gasteiger partial charge in [0.25, 0.3) is 0 Å². The van der Waals surface area contributed by atoms with Gasteiger partial charge in [-0.05, 0) is 30.5 Å². The van der Waals surface area contributed by atoms with Crippen molar-refractivity contribution in [1.29, 1.82) is 0 Å². The molecule has 2 aromatic rings. The van der Waals surface area contributed by atoms with E-state index in [1.54, 1.807) is 12.1 Å². The fourth-order valence-corrected chi connectivity index (χ4v) is 2.52. The smallest absolute Gasteiger partial charge is 0.163 e. The van der Waals surface area contributed by atoms with E-state index < -0.39 is 17.7 Å². The lowest BCUT2D eigenvalue weighted by atomic mass is 9.97. The highest BCUT2D eigenvalue weighted by Crippen LogP contribution is 2.26. The first-order chi connectivity index (χ1) is 9.54. The normalized spacial score (nSPS) is 12.4. The fourth-order valence-electron chi connectivity index (χ4n) is 2.07. The molecule has 3 N–H and O–H groups in total. The van der Waals surface area contributed by atoms with Gasteiger partial charge in [0.1, 0.15) is 0 Å². The molecule has 2 rings (SSSR count). The van der Waals surface area contributed by atoms with Gasteiger partial charge in [-0.3, -0.25) is 11.3 Å². The van der Waals surface area contributed by atoms with E-state index in [9.17, 15) is 8.78 Å². The number of hydrazine groups is 1. The van der Waals surface area contributed by atoms with Crippen LogP contribution >= 0.6 is 15.9 Å². The number of hydrogen-bond donors (Lipinski definition) is 2. The number of aryl methyl sites for hydroxylation is 1. The van der Waals surface area contributed by atoms with Gasteiger partial charge < -0.3 is 0 Å². The first-order valence-corrected chi connectivity index (χ1v) is 6.98. The monoisotopic (exact) mass is 340 g/mol. The predicted molar refractivity (Wildman–Crippen MR) is 79.0 cm³/mol. The summed E-state index contributed by atoms with van der Waals surface area (Å²) in [5.41, 5.74) is 4.03. The Labute approximate surface area is 125 Å². The maximum absolute atomic E-state index is 14.0. The number of rotatable bonds is 4. The summed E-state index contributed by atoms with van der Waals surface area (Å²) in [7, 11) is 0. The van der Waals surface area contributed by atoms with Gasteiger partial charge in [0.15, 0.2) is 11.6 Å². The van der Waals surface area contributed by atoms with E-state index in [4.69, 9.17) is 5.84 Å². The van der Waals surface area contributed by atoms with Gasteiger partial charge in [-0.2, -0.15) is 0 Å². The molecular formula is C15H15BrF2N2. The van der Waals surface area contributed by atoms with E-state index in [1.165, 1.54) is 6.92 Å². The maximum atomic E-state index is 14.0. The average Bonchev–Trinajstić information content (AvgIpc) is 2.45. The summed E-state index contributed by atoms with van der Waals surface area (Å²) >= 11 is 3.43. The van der Waals surface area contributed by atoms with Crippen LogP contribution in [0.15, 0.2) is 40.9 Å². The first-order valence-electron chi connectivity index (χ1n) is 6.18. The van der Waals surface area contributed by atoms with Crippen molar-refractivity contribution in [3.8, 4) is 0 Å². The molecule has 0 aliphatic rings. The second kappa shape index (κ2) is 6.43. The Kier molecular flexibility index (Phi) is 4.86. The van der Waals surface area contributed by atoms with Crippen LogP contribution in [-0.2, 0) is 6.42 Å². The molecule has 0 saturated heterocycles. The van der Waals surface area contributed by atoms with Crippen molar-refractivity contribution in [1.82, 2.24) is 5.43 Å². The van der Waals surface area contributed by atoms with Crippen LogP contribution in [0.3, 0.4) is 0 Å². The van der Waals surface area contributed by atoms with Crippen LogP contribution in [0.2, 0.25) is 0 Å². The number of nitrogens with two attached hydrogens (primary N) is 1. The molecule has 1 unspecified atom stereocenters. The van der Waals surface area contributed by atoms with Crippen LogP contribution in [0.5, 0.6) is 0 Å². The lowest BCUT2D eigenvalue weighted by Gasteiger charge is -2.18. The largest absolute Gasteiger partial charge is 0.271 e. The lowest BCUT2D eigenvalue weighted by molar-refractivity contribution is 0.460. The molecule has 0 aliphatic carbocycles. The standard InChI is InChI=1S/C15H15BrF2N2/c1-9-6-7-11(15(18)14(9)17)13(20-19)8-10-4-2-3-5-12(10)16/h2-7,13,20H,8,19H2,1H3. The molecule has 0 saturated carbocycles. The highest BCUT2D eigenvalue weighted by Gasteiger charge is 2.19. The third kappa shape index (κ3) is 3.06. The highest BCUT2D eigenvalue weighted by molar-refractivity contribution is 9.10. The topological polar surface area (TPSA) is 38.0 Å². The van der Waals surface area contributed by atoms with E-state index in [1.807, 2.05) is 24.3 Å². The summed E-state index contributed by atoms with van der Waals surface area (Å²) in [4.78, 5) is 0. The van der Waals surface area contributed by atoms with Crippen molar-refractivity contribution in [2.24, 2.45) is 5.84 Å². The van der Waals surface area contributed by atoms with Gasteiger partial charge in [0, 0.05) is 10.0 Å². The van der Waals surface area contributed by atoms with E-state index in [0.29, 0.717) is 6.42 Å². The van der Waals surface area contributed by atoms with E-state index in [2.05, 4.69) is 21.4 Å². The van der Waals surface area contributed by atoms with Crippen molar-refractivity contribution < 1.29 is 8.78 Å². The molecule has 2 aromatic carbocycles. The molecule has 0 fully saturated rings. The molecule has 106 valence electrons. The maximum Gasteiger partial charge on any atom is 0.163 e. The summed E-state index contributed by atoms with van der Waals surface area (Å²) < 4.78 is 28.6. The van der Waals surface area contributed by atoms with Gasteiger partial charge in [-0.25, -0.2) is 8.78 Å². The van der Waals surface area contributed by atoms with Crippen molar-refractivity contribution in [3.63, 3.8) is 0 Å². The molecule has 0 radical (unpaired) electrons. The highest BCUT2D eigenvalue weighted by atomic mass is 79.9. The Morgan fingerprint density at radius 1 is 1.15 bits per heavy atom. The lowest BCUT2D eigenvalue weighted by Crippen LogP contribution is -2.30. The van der Waals surface area contributed by atoms with Gasteiger partial charge in [0.05, 0.1) is 6.04 Å². The van der Waals surface area contributed by atoms with Crippen LogP contribution < -0.4 is 11.3 Å². The van der Waals surface area contributed by atoms with Crippen molar-refractivity contribution in [2.45, 2.75) is 19.4 Å². The van der Waals surface area contributed by atoms with E-state index in [0.717, 1.165) is 10.0 Å². The molecule has 0 heterocycles. The van der Waals surface area contributed by atoms with E-state index >= 15 is 0 Å². The molecule has 0 aromatic heterocycles. The number of halogens is 3. The van der Waals surface area contributed by atoms with Crippen molar-refractivity contribution in [3.05, 3.63) is 69.2 Å². The SMILES string of the molecule is Cc1ccc(C(Cc2ccccc2Br)NN)c(F)c1F. The molecule has 0 bridgehead atoms. The Bertz CT molecular complexity index is 617. The van der Waals surface area contributed by atoms with Crippen molar-refractivity contribution >= 4 is 15.9 Å². The Hall–Kier alpha value is -1.30. The van der Waals surface area contributed by atoms with Gasteiger partial charge in [-0.15, -0.1) is 0 Å². The fraction of sp³-hybridized carbons (Fsp3) is 0.200. The quantitative estimate of drug-likeness (QED) is 0.656.